The van der Waals surface area contributed by atoms with Crippen LogP contribution in [0.25, 0.3) is 11.1 Å². The first-order valence-electron chi connectivity index (χ1n) is 16.8. The lowest BCUT2D eigenvalue weighted by Crippen LogP contribution is -2.54. The molecule has 2 aromatic heterocycles. The topological polar surface area (TPSA) is 113 Å². The van der Waals surface area contributed by atoms with E-state index in [2.05, 4.69) is 69.0 Å². The number of nitrogens with one attached hydrogen (secondary N) is 3. The van der Waals surface area contributed by atoms with Crippen molar-refractivity contribution in [3.8, 4) is 22.8 Å². The fourth-order valence-corrected chi connectivity index (χ4v) is 6.74. The molecule has 252 valence electrons. The third-order valence-electron chi connectivity index (χ3n) is 9.09. The van der Waals surface area contributed by atoms with Gasteiger partial charge in [-0.2, -0.15) is 5.10 Å². The standard InChI is InChI=1S/C37H44FN7O3/c1-24-22-45(23-25(2)40-24)18-15-26-7-9-27(10-8-26)28-5-4-6-32(19-28)48-37-33(20-29(38)21-39-37)35(46)41-30-11-13-31(14-12-30)42-36(47)34-16-17-44(3)43-34/h4-10,16-17,19-21,24-25,30-31,40H,11-15,18,22-23H2,1-3H3,(H,41,46)(H,42,47). The smallest absolute Gasteiger partial charge is 0.271 e. The van der Waals surface area contributed by atoms with Crippen LogP contribution in [0.4, 0.5) is 4.39 Å². The Morgan fingerprint density at radius 3 is 2.27 bits per heavy atom. The molecular weight excluding hydrogens is 609 g/mol. The Hall–Kier alpha value is -4.61. The highest BCUT2D eigenvalue weighted by Crippen LogP contribution is 2.29. The molecule has 48 heavy (non-hydrogen) atoms. The molecule has 1 aliphatic heterocycles. The van der Waals surface area contributed by atoms with E-state index in [1.165, 1.54) is 5.56 Å². The number of benzene rings is 2. The van der Waals surface area contributed by atoms with Gasteiger partial charge in [0.25, 0.3) is 11.8 Å². The Kier molecular flexibility index (Phi) is 10.5. The van der Waals surface area contributed by atoms with Crippen molar-refractivity contribution in [2.24, 2.45) is 7.05 Å². The minimum atomic E-state index is -0.622. The summed E-state index contributed by atoms with van der Waals surface area (Å²) < 4.78 is 22.0. The number of carbonyl (C=O) groups is 2. The maximum atomic E-state index is 14.3. The second kappa shape index (κ2) is 15.1. The molecule has 2 fully saturated rings. The van der Waals surface area contributed by atoms with E-state index in [9.17, 15) is 14.0 Å². The van der Waals surface area contributed by atoms with Crippen molar-refractivity contribution in [1.82, 2.24) is 35.6 Å². The van der Waals surface area contributed by atoms with Gasteiger partial charge in [0.05, 0.1) is 6.20 Å². The molecule has 1 saturated heterocycles. The molecule has 0 spiro atoms. The van der Waals surface area contributed by atoms with Crippen LogP contribution in [0.15, 0.2) is 73.1 Å². The summed E-state index contributed by atoms with van der Waals surface area (Å²) in [7, 11) is 1.77. The maximum absolute atomic E-state index is 14.3. The molecule has 2 aromatic carbocycles. The summed E-state index contributed by atoms with van der Waals surface area (Å²) in [5.41, 5.74) is 3.71. The highest BCUT2D eigenvalue weighted by atomic mass is 19.1. The van der Waals surface area contributed by atoms with Gasteiger partial charge in [-0.05, 0) is 86.9 Å². The van der Waals surface area contributed by atoms with Gasteiger partial charge in [-0.15, -0.1) is 0 Å². The summed E-state index contributed by atoms with van der Waals surface area (Å²) >= 11 is 0. The number of pyridine rings is 1. The van der Waals surface area contributed by atoms with Crippen LogP contribution in [-0.4, -0.2) is 75.3 Å². The number of ether oxygens (including phenoxy) is 1. The van der Waals surface area contributed by atoms with E-state index in [-0.39, 0.29) is 29.4 Å². The molecule has 11 heteroatoms. The summed E-state index contributed by atoms with van der Waals surface area (Å²) in [4.78, 5) is 32.5. The minimum absolute atomic E-state index is 0.00367. The first-order valence-corrected chi connectivity index (χ1v) is 16.8. The van der Waals surface area contributed by atoms with Crippen LogP contribution in [0, 0.1) is 5.82 Å². The molecule has 0 radical (unpaired) electrons. The minimum Gasteiger partial charge on any atom is -0.438 e. The third kappa shape index (κ3) is 8.64. The lowest BCUT2D eigenvalue weighted by Gasteiger charge is -2.36. The largest absolute Gasteiger partial charge is 0.438 e. The number of rotatable bonds is 10. The fraction of sp³-hybridized carbons (Fsp3) is 0.405. The Balaban J connectivity index is 1.04. The van der Waals surface area contributed by atoms with Crippen LogP contribution in [-0.2, 0) is 13.5 Å². The second-order valence-corrected chi connectivity index (χ2v) is 13.2. The normalized spacial score (nSPS) is 21.4. The summed E-state index contributed by atoms with van der Waals surface area (Å²) in [6.45, 7) is 7.64. The van der Waals surface area contributed by atoms with Crippen LogP contribution < -0.4 is 20.7 Å². The van der Waals surface area contributed by atoms with E-state index in [0.717, 1.165) is 49.4 Å². The van der Waals surface area contributed by atoms with E-state index in [0.29, 0.717) is 49.2 Å². The van der Waals surface area contributed by atoms with Gasteiger partial charge in [-0.3, -0.25) is 19.2 Å². The molecule has 2 unspecified atom stereocenters. The van der Waals surface area contributed by atoms with Gasteiger partial charge >= 0.3 is 0 Å². The predicted molar refractivity (Wildman–Crippen MR) is 183 cm³/mol. The molecule has 2 atom stereocenters. The third-order valence-corrected chi connectivity index (χ3v) is 9.09. The average molecular weight is 654 g/mol. The van der Waals surface area contributed by atoms with Gasteiger partial charge in [0.15, 0.2) is 0 Å². The lowest BCUT2D eigenvalue weighted by atomic mass is 9.91. The van der Waals surface area contributed by atoms with Gasteiger partial charge in [-0.25, -0.2) is 9.37 Å². The zero-order valence-electron chi connectivity index (χ0n) is 27.8. The highest BCUT2D eigenvalue weighted by molar-refractivity contribution is 5.96. The van der Waals surface area contributed by atoms with Gasteiger partial charge in [0, 0.05) is 57.0 Å². The molecule has 2 aliphatic rings. The van der Waals surface area contributed by atoms with E-state index < -0.39 is 11.7 Å². The first kappa shape index (κ1) is 33.3. The van der Waals surface area contributed by atoms with E-state index in [4.69, 9.17) is 4.74 Å². The number of hydrogen-bond acceptors (Lipinski definition) is 7. The molecule has 1 saturated carbocycles. The molecule has 6 rings (SSSR count). The first-order chi connectivity index (χ1) is 23.2. The molecule has 2 amide bonds. The number of aryl methyl sites for hydroxylation is 1. The molecule has 3 N–H and O–H groups in total. The number of aromatic nitrogens is 3. The lowest BCUT2D eigenvalue weighted by molar-refractivity contribution is 0.0887. The number of nitrogens with zero attached hydrogens (tertiary/aromatic N) is 4. The summed E-state index contributed by atoms with van der Waals surface area (Å²) in [6.07, 6.45) is 6.53. The van der Waals surface area contributed by atoms with Crippen molar-refractivity contribution < 1.29 is 18.7 Å². The van der Waals surface area contributed by atoms with Crippen LogP contribution in [0.3, 0.4) is 0 Å². The quantitative estimate of drug-likeness (QED) is 0.218. The maximum Gasteiger partial charge on any atom is 0.271 e. The number of carbonyl (C=O) groups excluding carboxylic acids is 2. The molecule has 1 aliphatic carbocycles. The van der Waals surface area contributed by atoms with Crippen molar-refractivity contribution in [1.29, 1.82) is 0 Å². The van der Waals surface area contributed by atoms with Gasteiger partial charge < -0.3 is 20.7 Å². The monoisotopic (exact) mass is 653 g/mol. The fourth-order valence-electron chi connectivity index (χ4n) is 6.74. The Morgan fingerprint density at radius 2 is 1.60 bits per heavy atom. The van der Waals surface area contributed by atoms with Crippen LogP contribution in [0.5, 0.6) is 11.6 Å². The zero-order chi connectivity index (χ0) is 33.6. The predicted octanol–water partition coefficient (Wildman–Crippen LogP) is 5.11. The average Bonchev–Trinajstić information content (AvgIpc) is 3.52. The van der Waals surface area contributed by atoms with Crippen LogP contribution in [0.2, 0.25) is 0 Å². The summed E-state index contributed by atoms with van der Waals surface area (Å²) in [6, 6.07) is 19.9. The van der Waals surface area contributed by atoms with E-state index >= 15 is 0 Å². The Morgan fingerprint density at radius 1 is 0.917 bits per heavy atom. The molecule has 0 bridgehead atoms. The summed E-state index contributed by atoms with van der Waals surface area (Å²) in [5.74, 6) is -0.745. The van der Waals surface area contributed by atoms with E-state index in [1.54, 1.807) is 30.1 Å². The Labute approximate surface area is 281 Å². The van der Waals surface area contributed by atoms with Crippen molar-refractivity contribution in [2.45, 2.75) is 70.1 Å². The SMILES string of the molecule is CC1CN(CCc2ccc(-c3cccc(Oc4ncc(F)cc4C(=O)NC4CCC(NC(=O)c5ccn(C)n5)CC4)c3)cc2)CC(C)N1. The highest BCUT2D eigenvalue weighted by Gasteiger charge is 2.26. The van der Waals surface area contributed by atoms with Crippen LogP contribution in [0.1, 0.15) is 65.9 Å². The summed E-state index contributed by atoms with van der Waals surface area (Å²) in [5, 5.41) is 13.8. The molecule has 10 nitrogen and oxygen atoms in total. The van der Waals surface area contributed by atoms with Crippen molar-refractivity contribution >= 4 is 11.8 Å². The Bertz CT molecular complexity index is 1710. The number of halogens is 1. The van der Waals surface area contributed by atoms with Crippen molar-refractivity contribution in [3.05, 3.63) is 95.7 Å². The number of hydrogen-bond donors (Lipinski definition) is 3. The van der Waals surface area contributed by atoms with Gasteiger partial charge in [-0.1, -0.05) is 36.4 Å². The second-order valence-electron chi connectivity index (χ2n) is 13.2. The van der Waals surface area contributed by atoms with Gasteiger partial charge in [0.1, 0.15) is 22.8 Å². The van der Waals surface area contributed by atoms with Crippen molar-refractivity contribution in [2.75, 3.05) is 19.6 Å². The molecule has 3 heterocycles. The number of amides is 2. The molecule has 4 aromatic rings. The number of piperazine rings is 1. The van der Waals surface area contributed by atoms with Crippen molar-refractivity contribution in [3.63, 3.8) is 0 Å². The van der Waals surface area contributed by atoms with Crippen LogP contribution >= 0.6 is 0 Å². The van der Waals surface area contributed by atoms with Gasteiger partial charge in [0.2, 0.25) is 5.88 Å². The van der Waals surface area contributed by atoms with E-state index in [1.807, 2.05) is 18.2 Å². The molecular formula is C37H44FN7O3. The zero-order valence-corrected chi connectivity index (χ0v) is 27.8.